The van der Waals surface area contributed by atoms with Crippen molar-refractivity contribution < 1.29 is 33.0 Å². The van der Waals surface area contributed by atoms with Crippen molar-refractivity contribution in [1.29, 1.82) is 5.41 Å². The summed E-state index contributed by atoms with van der Waals surface area (Å²) in [5, 5.41) is 20.2. The van der Waals surface area contributed by atoms with Gasteiger partial charge in [-0.05, 0) is 36.4 Å². The van der Waals surface area contributed by atoms with Gasteiger partial charge in [-0.1, -0.05) is 12.1 Å². The third-order valence-corrected chi connectivity index (χ3v) is 4.51. The van der Waals surface area contributed by atoms with Crippen LogP contribution in [0.5, 0.6) is 5.75 Å². The first-order valence-corrected chi connectivity index (χ1v) is 9.18. The molecule has 0 spiro atoms. The molecule has 2 aromatic rings. The number of amides is 2. The predicted molar refractivity (Wildman–Crippen MR) is 107 cm³/mol. The first-order chi connectivity index (χ1) is 14.8. The van der Waals surface area contributed by atoms with Crippen LogP contribution in [0.3, 0.4) is 0 Å². The zero-order valence-corrected chi connectivity index (χ0v) is 16.1. The quantitative estimate of drug-likeness (QED) is 0.383. The van der Waals surface area contributed by atoms with Crippen LogP contribution in [0.1, 0.15) is 5.56 Å². The molecule has 164 valence electrons. The number of benzene rings is 2. The van der Waals surface area contributed by atoms with Gasteiger partial charge >= 0.3 is 6.61 Å². The molecule has 1 saturated heterocycles. The topological polar surface area (TPSA) is 138 Å². The van der Waals surface area contributed by atoms with Crippen molar-refractivity contribution in [1.82, 2.24) is 0 Å². The minimum Gasteiger partial charge on any atom is -0.433 e. The Morgan fingerprint density at radius 3 is 2.58 bits per heavy atom. The lowest BCUT2D eigenvalue weighted by atomic mass is 10.1. The van der Waals surface area contributed by atoms with Gasteiger partial charge in [-0.2, -0.15) is 8.78 Å². The Morgan fingerprint density at radius 2 is 1.94 bits per heavy atom. The van der Waals surface area contributed by atoms with Crippen molar-refractivity contribution in [3.8, 4) is 5.75 Å². The molecule has 9 nitrogen and oxygen atoms in total. The molecule has 5 N–H and O–H groups in total. The molecule has 0 aromatic heterocycles. The number of aliphatic hydroxyl groups excluding tert-OH is 1. The van der Waals surface area contributed by atoms with Gasteiger partial charge in [0, 0.05) is 17.8 Å². The molecule has 0 radical (unpaired) electrons. The fraction of sp³-hybridized carbons (Fsp3) is 0.250. The van der Waals surface area contributed by atoms with Crippen LogP contribution in [0.2, 0.25) is 0 Å². The van der Waals surface area contributed by atoms with Crippen LogP contribution in [-0.4, -0.2) is 54.7 Å². The molecule has 1 unspecified atom stereocenters. The smallest absolute Gasteiger partial charge is 0.387 e. The van der Waals surface area contributed by atoms with Gasteiger partial charge in [-0.15, -0.1) is 0 Å². The molecule has 11 heteroatoms. The fourth-order valence-electron chi connectivity index (χ4n) is 3.03. The van der Waals surface area contributed by atoms with E-state index in [4.69, 9.17) is 15.9 Å². The highest BCUT2D eigenvalue weighted by Crippen LogP contribution is 2.31. The number of nitrogens with zero attached hydrogens (tertiary/aromatic N) is 1. The summed E-state index contributed by atoms with van der Waals surface area (Å²) in [5.74, 6) is -2.02. The molecule has 1 fully saturated rings. The fourth-order valence-corrected chi connectivity index (χ4v) is 3.03. The van der Waals surface area contributed by atoms with Crippen LogP contribution in [0.15, 0.2) is 48.5 Å². The number of ether oxygens (including phenoxy) is 2. The summed E-state index contributed by atoms with van der Waals surface area (Å²) in [6.45, 7) is -3.09. The first kappa shape index (κ1) is 22.1. The lowest BCUT2D eigenvalue weighted by Gasteiger charge is -2.34. The van der Waals surface area contributed by atoms with E-state index >= 15 is 0 Å². The summed E-state index contributed by atoms with van der Waals surface area (Å²) in [6.07, 6.45) is -3.39. The Morgan fingerprint density at radius 1 is 1.26 bits per heavy atom. The number of amidine groups is 1. The summed E-state index contributed by atoms with van der Waals surface area (Å²) in [7, 11) is 0. The molecular formula is C20H20F2N4O5. The number of aliphatic hydroxyl groups is 1. The standard InChI is InChI=1S/C20H20F2N4O5/c21-20(22)31-14-4-2-1-3-13(14)26-9-10-30-16(19(26)29)15(27)18(28)25-12-7-5-11(6-8-12)17(23)24/h1-8,15-16,20,27H,9-10H2,(H3,23,24)(H,25,28)/t15?,16-/m1/s1. The Bertz CT molecular complexity index is 970. The number of anilines is 2. The molecule has 1 heterocycles. The molecular weight excluding hydrogens is 414 g/mol. The maximum atomic E-state index is 12.9. The van der Waals surface area contributed by atoms with E-state index in [1.54, 1.807) is 6.07 Å². The van der Waals surface area contributed by atoms with Crippen molar-refractivity contribution in [2.45, 2.75) is 18.8 Å². The van der Waals surface area contributed by atoms with E-state index in [1.807, 2.05) is 0 Å². The Balaban J connectivity index is 1.73. The average molecular weight is 434 g/mol. The van der Waals surface area contributed by atoms with Crippen molar-refractivity contribution in [3.63, 3.8) is 0 Å². The Labute approximate surface area is 175 Å². The second-order valence-electron chi connectivity index (χ2n) is 6.55. The zero-order valence-electron chi connectivity index (χ0n) is 16.1. The van der Waals surface area contributed by atoms with Crippen LogP contribution in [0.25, 0.3) is 0 Å². The average Bonchev–Trinajstić information content (AvgIpc) is 2.74. The number of carbonyl (C=O) groups is 2. The summed E-state index contributed by atoms with van der Waals surface area (Å²) >= 11 is 0. The van der Waals surface area contributed by atoms with Crippen molar-refractivity contribution in [2.75, 3.05) is 23.4 Å². The van der Waals surface area contributed by atoms with E-state index in [0.717, 1.165) is 4.90 Å². The minimum absolute atomic E-state index is 0.0276. The number of para-hydroxylation sites is 2. The highest BCUT2D eigenvalue weighted by molar-refractivity contribution is 6.04. The van der Waals surface area contributed by atoms with Gasteiger partial charge in [-0.3, -0.25) is 15.0 Å². The highest BCUT2D eigenvalue weighted by Gasteiger charge is 2.40. The van der Waals surface area contributed by atoms with E-state index < -0.39 is 30.6 Å². The highest BCUT2D eigenvalue weighted by atomic mass is 19.3. The molecule has 2 atom stereocenters. The third kappa shape index (κ3) is 5.13. The largest absolute Gasteiger partial charge is 0.433 e. The lowest BCUT2D eigenvalue weighted by Crippen LogP contribution is -2.55. The summed E-state index contributed by atoms with van der Waals surface area (Å²) < 4.78 is 35.1. The number of nitrogens with one attached hydrogen (secondary N) is 2. The van der Waals surface area contributed by atoms with Crippen LogP contribution < -0.4 is 20.7 Å². The molecule has 0 saturated carbocycles. The van der Waals surface area contributed by atoms with Crippen molar-refractivity contribution >= 4 is 29.0 Å². The lowest BCUT2D eigenvalue weighted by molar-refractivity contribution is -0.150. The number of nitrogens with two attached hydrogens (primary N) is 1. The van der Waals surface area contributed by atoms with Gasteiger partial charge in [0.05, 0.1) is 12.3 Å². The zero-order chi connectivity index (χ0) is 22.5. The second-order valence-corrected chi connectivity index (χ2v) is 6.55. The van der Waals surface area contributed by atoms with E-state index in [0.29, 0.717) is 11.3 Å². The summed E-state index contributed by atoms with van der Waals surface area (Å²) in [5.41, 5.74) is 6.21. The van der Waals surface area contributed by atoms with Gasteiger partial charge in [0.2, 0.25) is 0 Å². The number of rotatable bonds is 7. The normalized spacial score (nSPS) is 17.4. The molecule has 1 aliphatic rings. The number of hydrogen-bond acceptors (Lipinski definition) is 6. The molecule has 2 amide bonds. The van der Waals surface area contributed by atoms with Gasteiger partial charge in [-0.25, -0.2) is 0 Å². The number of carbonyl (C=O) groups excluding carboxylic acids is 2. The van der Waals surface area contributed by atoms with Gasteiger partial charge in [0.15, 0.2) is 12.2 Å². The van der Waals surface area contributed by atoms with E-state index in [9.17, 15) is 23.5 Å². The number of nitrogen functional groups attached to an aromatic ring is 1. The third-order valence-electron chi connectivity index (χ3n) is 4.51. The van der Waals surface area contributed by atoms with Crippen LogP contribution >= 0.6 is 0 Å². The number of hydrogen-bond donors (Lipinski definition) is 4. The monoisotopic (exact) mass is 434 g/mol. The molecule has 31 heavy (non-hydrogen) atoms. The first-order valence-electron chi connectivity index (χ1n) is 9.18. The Hall–Kier alpha value is -3.57. The Kier molecular flexibility index (Phi) is 6.78. The second kappa shape index (κ2) is 9.49. The maximum absolute atomic E-state index is 12.9. The molecule has 2 aromatic carbocycles. The van der Waals surface area contributed by atoms with E-state index in [1.165, 1.54) is 42.5 Å². The number of alkyl halides is 2. The van der Waals surface area contributed by atoms with Crippen molar-refractivity contribution in [3.05, 3.63) is 54.1 Å². The minimum atomic E-state index is -3.08. The van der Waals surface area contributed by atoms with E-state index in [-0.39, 0.29) is 30.4 Å². The summed E-state index contributed by atoms with van der Waals surface area (Å²) in [4.78, 5) is 26.4. The van der Waals surface area contributed by atoms with Crippen LogP contribution in [0, 0.1) is 5.41 Å². The van der Waals surface area contributed by atoms with Crippen LogP contribution in [-0.2, 0) is 14.3 Å². The van der Waals surface area contributed by atoms with Gasteiger partial charge < -0.3 is 30.5 Å². The molecule has 3 rings (SSSR count). The molecule has 0 aliphatic carbocycles. The van der Waals surface area contributed by atoms with E-state index in [2.05, 4.69) is 10.1 Å². The maximum Gasteiger partial charge on any atom is 0.387 e. The van der Waals surface area contributed by atoms with Crippen LogP contribution in [0.4, 0.5) is 20.2 Å². The molecule has 0 bridgehead atoms. The van der Waals surface area contributed by atoms with Gasteiger partial charge in [0.25, 0.3) is 11.8 Å². The number of morpholine rings is 1. The predicted octanol–water partition coefficient (Wildman–Crippen LogP) is 1.30. The number of halogens is 2. The summed E-state index contributed by atoms with van der Waals surface area (Å²) in [6, 6.07) is 11.7. The van der Waals surface area contributed by atoms with Gasteiger partial charge in [0.1, 0.15) is 11.6 Å². The molecule has 1 aliphatic heterocycles. The SMILES string of the molecule is N=C(N)c1ccc(NC(=O)C(O)[C@H]2OCCN(c3ccccc3OC(F)F)C2=O)cc1. The van der Waals surface area contributed by atoms with Crippen molar-refractivity contribution in [2.24, 2.45) is 5.73 Å².